The van der Waals surface area contributed by atoms with Gasteiger partial charge in [-0.05, 0) is 66.5 Å². The van der Waals surface area contributed by atoms with E-state index in [9.17, 15) is 8.42 Å². The van der Waals surface area contributed by atoms with Gasteiger partial charge in [-0.3, -0.25) is 0 Å². The van der Waals surface area contributed by atoms with Gasteiger partial charge in [-0.1, -0.05) is 19.1 Å². The lowest BCUT2D eigenvalue weighted by Gasteiger charge is -2.31. The van der Waals surface area contributed by atoms with Crippen molar-refractivity contribution in [3.63, 3.8) is 0 Å². The molecule has 0 bridgehead atoms. The SMILES string of the molecule is CCN1CCC(CNS(=O)(=O)c2ccccc2Br)CC1. The zero-order valence-corrected chi connectivity index (χ0v) is 14.1. The molecule has 0 saturated carbocycles. The summed E-state index contributed by atoms with van der Waals surface area (Å²) >= 11 is 3.29. The third-order valence-corrected chi connectivity index (χ3v) is 6.28. The monoisotopic (exact) mass is 360 g/mol. The van der Waals surface area contributed by atoms with Crippen LogP contribution in [0.3, 0.4) is 0 Å². The summed E-state index contributed by atoms with van der Waals surface area (Å²) in [6.07, 6.45) is 2.12. The van der Waals surface area contributed by atoms with Crippen molar-refractivity contribution in [3.8, 4) is 0 Å². The summed E-state index contributed by atoms with van der Waals surface area (Å²) in [5.41, 5.74) is 0. The highest BCUT2D eigenvalue weighted by atomic mass is 79.9. The van der Waals surface area contributed by atoms with Crippen LogP contribution in [0.2, 0.25) is 0 Å². The van der Waals surface area contributed by atoms with Crippen molar-refractivity contribution in [1.29, 1.82) is 0 Å². The molecule has 1 N–H and O–H groups in total. The van der Waals surface area contributed by atoms with Gasteiger partial charge in [-0.15, -0.1) is 0 Å². The van der Waals surface area contributed by atoms with Crippen LogP contribution in [0.1, 0.15) is 19.8 Å². The van der Waals surface area contributed by atoms with Gasteiger partial charge in [-0.25, -0.2) is 13.1 Å². The highest BCUT2D eigenvalue weighted by Gasteiger charge is 2.22. The predicted molar refractivity (Wildman–Crippen MR) is 84.2 cm³/mol. The lowest BCUT2D eigenvalue weighted by Crippen LogP contribution is -2.38. The maximum Gasteiger partial charge on any atom is 0.241 e. The molecule has 0 spiro atoms. The van der Waals surface area contributed by atoms with Crippen LogP contribution in [0.4, 0.5) is 0 Å². The highest BCUT2D eigenvalue weighted by molar-refractivity contribution is 9.10. The molecule has 1 aromatic carbocycles. The van der Waals surface area contributed by atoms with E-state index in [1.807, 2.05) is 6.07 Å². The van der Waals surface area contributed by atoms with Crippen LogP contribution in [0.15, 0.2) is 33.6 Å². The molecule has 0 atom stereocenters. The van der Waals surface area contributed by atoms with E-state index in [1.54, 1.807) is 18.2 Å². The molecular weight excluding hydrogens is 340 g/mol. The number of sulfonamides is 1. The van der Waals surface area contributed by atoms with Gasteiger partial charge in [-0.2, -0.15) is 0 Å². The molecule has 6 heteroatoms. The first kappa shape index (κ1) is 15.9. The maximum atomic E-state index is 12.3. The Morgan fingerprint density at radius 1 is 1.30 bits per heavy atom. The van der Waals surface area contributed by atoms with E-state index in [2.05, 4.69) is 32.5 Å². The Labute approximate surface area is 129 Å². The smallest absolute Gasteiger partial charge is 0.241 e. The van der Waals surface area contributed by atoms with Gasteiger partial charge in [0.05, 0.1) is 4.90 Å². The zero-order valence-electron chi connectivity index (χ0n) is 11.7. The summed E-state index contributed by atoms with van der Waals surface area (Å²) in [5.74, 6) is 0.440. The molecule has 2 rings (SSSR count). The normalized spacial score (nSPS) is 18.3. The molecule has 0 unspecified atom stereocenters. The number of likely N-dealkylation sites (tertiary alicyclic amines) is 1. The maximum absolute atomic E-state index is 12.3. The Hall–Kier alpha value is -0.430. The molecule has 1 aliphatic rings. The number of nitrogens with zero attached hydrogens (tertiary/aromatic N) is 1. The Balaban J connectivity index is 1.92. The Morgan fingerprint density at radius 3 is 2.55 bits per heavy atom. The molecule has 20 heavy (non-hydrogen) atoms. The summed E-state index contributed by atoms with van der Waals surface area (Å²) in [6.45, 7) is 5.91. The third-order valence-electron chi connectivity index (χ3n) is 3.84. The first-order valence-corrected chi connectivity index (χ1v) is 9.27. The van der Waals surface area contributed by atoms with E-state index in [4.69, 9.17) is 0 Å². The molecule has 1 aliphatic heterocycles. The quantitative estimate of drug-likeness (QED) is 0.877. The number of hydrogen-bond donors (Lipinski definition) is 1. The van der Waals surface area contributed by atoms with Crippen molar-refractivity contribution in [3.05, 3.63) is 28.7 Å². The van der Waals surface area contributed by atoms with Crippen LogP contribution >= 0.6 is 15.9 Å². The van der Waals surface area contributed by atoms with E-state index in [1.165, 1.54) is 0 Å². The molecule has 0 aromatic heterocycles. The fourth-order valence-electron chi connectivity index (χ4n) is 2.47. The van der Waals surface area contributed by atoms with Crippen molar-refractivity contribution in [2.45, 2.75) is 24.7 Å². The first-order chi connectivity index (χ1) is 9.53. The van der Waals surface area contributed by atoms with Crippen LogP contribution in [-0.2, 0) is 10.0 Å². The first-order valence-electron chi connectivity index (χ1n) is 6.99. The number of hydrogen-bond acceptors (Lipinski definition) is 3. The van der Waals surface area contributed by atoms with Gasteiger partial charge in [0.2, 0.25) is 10.0 Å². The van der Waals surface area contributed by atoms with Crippen molar-refractivity contribution >= 4 is 26.0 Å². The Kier molecular flexibility index (Phi) is 5.60. The number of halogens is 1. The van der Waals surface area contributed by atoms with Gasteiger partial charge in [0.1, 0.15) is 0 Å². The molecular formula is C14H21BrN2O2S. The molecule has 0 radical (unpaired) electrons. The molecule has 4 nitrogen and oxygen atoms in total. The van der Waals surface area contributed by atoms with Crippen molar-refractivity contribution < 1.29 is 8.42 Å². The van der Waals surface area contributed by atoms with Crippen LogP contribution in [0.5, 0.6) is 0 Å². The van der Waals surface area contributed by atoms with Crippen LogP contribution in [0.25, 0.3) is 0 Å². The minimum Gasteiger partial charge on any atom is -0.304 e. The summed E-state index contributed by atoms with van der Waals surface area (Å²) in [6, 6.07) is 6.91. The lowest BCUT2D eigenvalue weighted by molar-refractivity contribution is 0.194. The van der Waals surface area contributed by atoms with E-state index in [-0.39, 0.29) is 0 Å². The second kappa shape index (κ2) is 7.02. The Bertz CT molecular complexity index is 540. The van der Waals surface area contributed by atoms with Crippen LogP contribution in [-0.4, -0.2) is 39.5 Å². The van der Waals surface area contributed by atoms with Crippen LogP contribution in [0, 0.1) is 5.92 Å². The van der Waals surface area contributed by atoms with E-state index < -0.39 is 10.0 Å². The Morgan fingerprint density at radius 2 is 1.95 bits per heavy atom. The average Bonchev–Trinajstić information content (AvgIpc) is 2.46. The zero-order chi connectivity index (χ0) is 14.6. The third kappa shape index (κ3) is 4.04. The topological polar surface area (TPSA) is 49.4 Å². The van der Waals surface area contributed by atoms with Crippen LogP contribution < -0.4 is 4.72 Å². The second-order valence-electron chi connectivity index (χ2n) is 5.16. The minimum absolute atomic E-state index is 0.311. The number of benzene rings is 1. The highest BCUT2D eigenvalue weighted by Crippen LogP contribution is 2.22. The standard InChI is InChI=1S/C14H21BrN2O2S/c1-2-17-9-7-12(8-10-17)11-16-20(18,19)14-6-4-3-5-13(14)15/h3-6,12,16H,2,7-11H2,1H3. The summed E-state index contributed by atoms with van der Waals surface area (Å²) in [5, 5.41) is 0. The molecule has 0 amide bonds. The van der Waals surface area contributed by atoms with E-state index in [0.717, 1.165) is 32.5 Å². The van der Waals surface area contributed by atoms with E-state index >= 15 is 0 Å². The number of nitrogens with one attached hydrogen (secondary N) is 1. The summed E-state index contributed by atoms with van der Waals surface area (Å²) in [4.78, 5) is 2.71. The fourth-order valence-corrected chi connectivity index (χ4v) is 4.59. The molecule has 1 fully saturated rings. The minimum atomic E-state index is -3.42. The second-order valence-corrected chi connectivity index (χ2v) is 7.75. The van der Waals surface area contributed by atoms with Crippen molar-refractivity contribution in [2.75, 3.05) is 26.2 Å². The van der Waals surface area contributed by atoms with Gasteiger partial charge in [0.25, 0.3) is 0 Å². The molecule has 0 aliphatic carbocycles. The predicted octanol–water partition coefficient (Wildman–Crippen LogP) is 2.46. The number of rotatable bonds is 5. The molecule has 1 aromatic rings. The molecule has 112 valence electrons. The van der Waals surface area contributed by atoms with Gasteiger partial charge >= 0.3 is 0 Å². The van der Waals surface area contributed by atoms with Crippen molar-refractivity contribution in [2.24, 2.45) is 5.92 Å². The number of piperidine rings is 1. The van der Waals surface area contributed by atoms with Crippen molar-refractivity contribution in [1.82, 2.24) is 9.62 Å². The lowest BCUT2D eigenvalue weighted by atomic mass is 9.97. The van der Waals surface area contributed by atoms with Gasteiger partial charge in [0, 0.05) is 11.0 Å². The largest absolute Gasteiger partial charge is 0.304 e. The average molecular weight is 361 g/mol. The van der Waals surface area contributed by atoms with Gasteiger partial charge in [0.15, 0.2) is 0 Å². The fraction of sp³-hybridized carbons (Fsp3) is 0.571. The van der Waals surface area contributed by atoms with Gasteiger partial charge < -0.3 is 4.90 Å². The summed E-state index contributed by atoms with van der Waals surface area (Å²) in [7, 11) is -3.42. The molecule has 1 saturated heterocycles. The summed E-state index contributed by atoms with van der Waals surface area (Å²) < 4.78 is 27.9. The van der Waals surface area contributed by atoms with E-state index in [0.29, 0.717) is 21.8 Å². The molecule has 1 heterocycles.